The molecule has 0 aromatic heterocycles. The maximum atomic E-state index is 3.79. The van der Waals surface area contributed by atoms with Crippen LogP contribution in [0.4, 0.5) is 0 Å². The van der Waals surface area contributed by atoms with E-state index in [1.54, 1.807) is 0 Å². The van der Waals surface area contributed by atoms with Gasteiger partial charge in [-0.05, 0) is 5.75 Å². The van der Waals surface area contributed by atoms with E-state index in [0.717, 1.165) is 5.75 Å². The third kappa shape index (κ3) is 10.2. The van der Waals surface area contributed by atoms with E-state index in [9.17, 15) is 0 Å². The minimum atomic E-state index is 0. The summed E-state index contributed by atoms with van der Waals surface area (Å²) in [4.78, 5) is 0. The van der Waals surface area contributed by atoms with Gasteiger partial charge in [-0.1, -0.05) is 6.92 Å². The van der Waals surface area contributed by atoms with Gasteiger partial charge in [-0.3, -0.25) is 0 Å². The molecule has 0 heterocycles. The van der Waals surface area contributed by atoms with Gasteiger partial charge in [-0.15, -0.1) is 0 Å². The molecule has 0 fully saturated rings. The third-order valence-corrected chi connectivity index (χ3v) is 0. The molecule has 0 unspecified atom stereocenters. The van der Waals surface area contributed by atoms with Crippen LogP contribution in [0.1, 0.15) is 6.92 Å². The van der Waals surface area contributed by atoms with Crippen molar-refractivity contribution in [2.24, 2.45) is 0 Å². The normalized spacial score (nSPS) is 4.50. The summed E-state index contributed by atoms with van der Waals surface area (Å²) in [5, 5.41) is 0. The Bertz CT molecular complexity index is 6.00. The summed E-state index contributed by atoms with van der Waals surface area (Å²) in [5.74, 6) is 0.944. The van der Waals surface area contributed by atoms with Gasteiger partial charge in [0, 0.05) is 0 Å². The second-order valence-corrected chi connectivity index (χ2v) is 0.949. The number of hydrogen-bond donors (Lipinski definition) is 1. The Hall–Kier alpha value is 1.35. The molecule has 0 radical (unpaired) electrons. The van der Waals surface area contributed by atoms with Crippen LogP contribution < -0.4 is 0 Å². The van der Waals surface area contributed by atoms with Crippen molar-refractivity contribution in [1.82, 2.24) is 0 Å². The van der Waals surface area contributed by atoms with Crippen LogP contribution in [0.3, 0.4) is 0 Å². The molecule has 0 amide bonds. The summed E-state index contributed by atoms with van der Waals surface area (Å²) in [6.07, 6.45) is 0. The molecule has 0 saturated heterocycles. The SMILES string of the molecule is CCS.[NaH]. The van der Waals surface area contributed by atoms with Crippen LogP contribution in [0, 0.1) is 0 Å². The average Bonchev–Trinajstić information content (AvgIpc) is 0.918. The van der Waals surface area contributed by atoms with Gasteiger partial charge >= 0.3 is 29.6 Å². The van der Waals surface area contributed by atoms with Gasteiger partial charge < -0.3 is 0 Å². The van der Waals surface area contributed by atoms with Crippen molar-refractivity contribution in [2.75, 3.05) is 5.75 Å². The Kier molecular flexibility index (Phi) is 19.9. The predicted octanol–water partition coefficient (Wildman–Crippen LogP) is 0.288. The first kappa shape index (κ1) is 9.02. The van der Waals surface area contributed by atoms with Crippen molar-refractivity contribution in [3.63, 3.8) is 0 Å². The zero-order valence-corrected chi connectivity index (χ0v) is 3.05. The summed E-state index contributed by atoms with van der Waals surface area (Å²) >= 11 is 3.79. The molecule has 22 valence electrons. The monoisotopic (exact) mass is 86.0 g/mol. The van der Waals surface area contributed by atoms with Crippen LogP contribution >= 0.6 is 12.6 Å². The maximum absolute atomic E-state index is 3.79. The van der Waals surface area contributed by atoms with Gasteiger partial charge in [-0.2, -0.15) is 12.6 Å². The molecule has 0 aromatic rings. The molecule has 0 rings (SSSR count). The first-order valence-corrected chi connectivity index (χ1v) is 1.66. The van der Waals surface area contributed by atoms with E-state index < -0.39 is 0 Å². The number of thiol groups is 1. The van der Waals surface area contributed by atoms with Crippen LogP contribution in [-0.4, -0.2) is 35.3 Å². The van der Waals surface area contributed by atoms with Gasteiger partial charge in [0.25, 0.3) is 0 Å². The Balaban J connectivity index is 0. The Morgan fingerprint density at radius 2 is 1.75 bits per heavy atom. The molecular weight excluding hydrogens is 79.1 g/mol. The average molecular weight is 86.1 g/mol. The first-order valence-electron chi connectivity index (χ1n) is 1.02. The second-order valence-electron chi connectivity index (χ2n) is 0.316. The van der Waals surface area contributed by atoms with Gasteiger partial charge in [0.05, 0.1) is 0 Å². The summed E-state index contributed by atoms with van der Waals surface area (Å²) in [5.41, 5.74) is 0. The van der Waals surface area contributed by atoms with Gasteiger partial charge in [0.2, 0.25) is 0 Å². The first-order chi connectivity index (χ1) is 1.41. The molecule has 0 atom stereocenters. The molecule has 0 aliphatic heterocycles. The van der Waals surface area contributed by atoms with Crippen molar-refractivity contribution in [3.05, 3.63) is 0 Å². The molecule has 4 heavy (non-hydrogen) atoms. The standard InChI is InChI=1S/C2H6S.Na.H/c1-2-3;;/h3H,2H2,1H3;;. The minimum absolute atomic E-state index is 0. The predicted molar refractivity (Wildman–Crippen MR) is 26.7 cm³/mol. The Morgan fingerprint density at radius 1 is 1.75 bits per heavy atom. The van der Waals surface area contributed by atoms with E-state index >= 15 is 0 Å². The molecule has 0 N–H and O–H groups in total. The van der Waals surface area contributed by atoms with Crippen LogP contribution in [0.5, 0.6) is 0 Å². The zero-order chi connectivity index (χ0) is 2.71. The molecule has 0 aromatic carbocycles. The van der Waals surface area contributed by atoms with Gasteiger partial charge in [0.1, 0.15) is 0 Å². The third-order valence-electron chi connectivity index (χ3n) is 0. The molecule has 2 heteroatoms. The van der Waals surface area contributed by atoms with Crippen molar-refractivity contribution in [2.45, 2.75) is 6.92 Å². The van der Waals surface area contributed by atoms with Crippen molar-refractivity contribution in [3.8, 4) is 0 Å². The summed E-state index contributed by atoms with van der Waals surface area (Å²) < 4.78 is 0. The fourth-order valence-corrected chi connectivity index (χ4v) is 0. The van der Waals surface area contributed by atoms with E-state index in [4.69, 9.17) is 0 Å². The molecule has 0 saturated carbocycles. The quantitative estimate of drug-likeness (QED) is 0.318. The molecule has 0 nitrogen and oxygen atoms in total. The van der Waals surface area contributed by atoms with Crippen LogP contribution in [-0.2, 0) is 0 Å². The van der Waals surface area contributed by atoms with Crippen LogP contribution in [0.25, 0.3) is 0 Å². The topological polar surface area (TPSA) is 0 Å². The van der Waals surface area contributed by atoms with Crippen LogP contribution in [0.2, 0.25) is 0 Å². The number of rotatable bonds is 0. The molecular formula is C2H7NaS. The summed E-state index contributed by atoms with van der Waals surface area (Å²) in [7, 11) is 0. The number of hydrogen-bond acceptors (Lipinski definition) is 1. The van der Waals surface area contributed by atoms with E-state index in [1.807, 2.05) is 6.92 Å². The van der Waals surface area contributed by atoms with Crippen molar-refractivity contribution in [1.29, 1.82) is 0 Å². The van der Waals surface area contributed by atoms with E-state index in [0.29, 0.717) is 0 Å². The molecule has 0 aliphatic carbocycles. The molecule has 0 spiro atoms. The Morgan fingerprint density at radius 3 is 1.75 bits per heavy atom. The van der Waals surface area contributed by atoms with Gasteiger partial charge in [-0.25, -0.2) is 0 Å². The molecule has 0 aliphatic rings. The van der Waals surface area contributed by atoms with E-state index in [1.165, 1.54) is 0 Å². The second kappa shape index (κ2) is 8.84. The fourth-order valence-electron chi connectivity index (χ4n) is 0. The summed E-state index contributed by atoms with van der Waals surface area (Å²) in [6, 6.07) is 0. The fraction of sp³-hybridized carbons (Fsp3) is 1.00. The zero-order valence-electron chi connectivity index (χ0n) is 2.15. The van der Waals surface area contributed by atoms with E-state index in [2.05, 4.69) is 12.6 Å². The van der Waals surface area contributed by atoms with Crippen molar-refractivity contribution >= 4 is 42.2 Å². The Labute approximate surface area is 54.7 Å². The van der Waals surface area contributed by atoms with Gasteiger partial charge in [0.15, 0.2) is 0 Å². The van der Waals surface area contributed by atoms with Crippen LogP contribution in [0.15, 0.2) is 0 Å². The molecule has 0 bridgehead atoms. The van der Waals surface area contributed by atoms with E-state index in [-0.39, 0.29) is 29.6 Å². The summed E-state index contributed by atoms with van der Waals surface area (Å²) in [6.45, 7) is 1.99. The van der Waals surface area contributed by atoms with Crippen molar-refractivity contribution < 1.29 is 0 Å².